The maximum Gasteiger partial charge on any atom is 0.333 e. The van der Waals surface area contributed by atoms with E-state index >= 15 is 0 Å². The van der Waals surface area contributed by atoms with Crippen LogP contribution in [0.15, 0.2) is 76.4 Å². The van der Waals surface area contributed by atoms with Crippen LogP contribution >= 0.6 is 11.6 Å². The van der Waals surface area contributed by atoms with Crippen LogP contribution in [0.2, 0.25) is 5.02 Å². The zero-order chi connectivity index (χ0) is 19.7. The first-order valence-electron chi connectivity index (χ1n) is 8.92. The number of hydrogen-bond donors (Lipinski definition) is 0. The van der Waals surface area contributed by atoms with E-state index in [1.807, 2.05) is 49.4 Å². The molecule has 0 bridgehead atoms. The van der Waals surface area contributed by atoms with Crippen LogP contribution in [-0.4, -0.2) is 14.1 Å². The molecule has 0 radical (unpaired) electrons. The number of rotatable bonds is 4. The Morgan fingerprint density at radius 2 is 1.64 bits per heavy atom. The van der Waals surface area contributed by atoms with Crippen molar-refractivity contribution in [1.29, 1.82) is 0 Å². The molecule has 5 nitrogen and oxygen atoms in total. The van der Waals surface area contributed by atoms with Gasteiger partial charge in [-0.3, -0.25) is 13.9 Å². The molecule has 0 N–H and O–H groups in total. The minimum absolute atomic E-state index is 0.200. The lowest BCUT2D eigenvalue weighted by Gasteiger charge is -2.14. The van der Waals surface area contributed by atoms with Gasteiger partial charge in [-0.2, -0.15) is 0 Å². The molecule has 0 aliphatic rings. The van der Waals surface area contributed by atoms with Crippen LogP contribution in [0.3, 0.4) is 0 Å². The van der Waals surface area contributed by atoms with Crippen molar-refractivity contribution in [1.82, 2.24) is 14.1 Å². The Kier molecular flexibility index (Phi) is 4.84. The lowest BCUT2D eigenvalue weighted by molar-refractivity contribution is 0.630. The average Bonchev–Trinajstić information content (AvgIpc) is 2.71. The molecule has 140 valence electrons. The fraction of sp³-hybridized carbons (Fsp3) is 0.136. The average molecular weight is 392 g/mol. The molecule has 6 heteroatoms. The molecular weight excluding hydrogens is 374 g/mol. The van der Waals surface area contributed by atoms with Crippen LogP contribution in [0.25, 0.3) is 11.0 Å². The summed E-state index contributed by atoms with van der Waals surface area (Å²) in [5, 5.41) is 0.969. The van der Waals surface area contributed by atoms with Gasteiger partial charge in [0.05, 0.1) is 18.5 Å². The zero-order valence-electron chi connectivity index (χ0n) is 15.3. The number of fused-ring (bicyclic) bond motifs is 1. The van der Waals surface area contributed by atoms with Gasteiger partial charge < -0.3 is 0 Å². The molecule has 4 aromatic rings. The number of pyridine rings is 1. The monoisotopic (exact) mass is 391 g/mol. The highest BCUT2D eigenvalue weighted by Crippen LogP contribution is 2.17. The van der Waals surface area contributed by atoms with Gasteiger partial charge in [-0.1, -0.05) is 59.6 Å². The molecule has 0 saturated carbocycles. The molecule has 0 aliphatic heterocycles. The van der Waals surface area contributed by atoms with Crippen LogP contribution in [0.4, 0.5) is 0 Å². The molecular formula is C22H18ClN3O2. The van der Waals surface area contributed by atoms with E-state index in [9.17, 15) is 9.59 Å². The SMILES string of the molecule is Cc1ccc(Cn2c(=O)c3cccnc3n(Cc3ccccc3Cl)c2=O)cc1. The predicted octanol–water partition coefficient (Wildman–Crippen LogP) is 3.62. The number of nitrogens with zero attached hydrogens (tertiary/aromatic N) is 3. The van der Waals surface area contributed by atoms with Crippen LogP contribution in [0.1, 0.15) is 16.7 Å². The molecule has 0 saturated heterocycles. The summed E-state index contributed by atoms with van der Waals surface area (Å²) in [6.07, 6.45) is 1.58. The zero-order valence-corrected chi connectivity index (χ0v) is 16.1. The quantitative estimate of drug-likeness (QED) is 0.534. The first-order valence-corrected chi connectivity index (χ1v) is 9.30. The Bertz CT molecular complexity index is 1270. The van der Waals surface area contributed by atoms with E-state index < -0.39 is 5.69 Å². The van der Waals surface area contributed by atoms with Crippen molar-refractivity contribution >= 4 is 22.6 Å². The van der Waals surface area contributed by atoms with Crippen molar-refractivity contribution in [2.45, 2.75) is 20.0 Å². The maximum atomic E-state index is 13.2. The van der Waals surface area contributed by atoms with Gasteiger partial charge in [0, 0.05) is 11.2 Å². The van der Waals surface area contributed by atoms with E-state index in [-0.39, 0.29) is 18.6 Å². The first-order chi connectivity index (χ1) is 13.5. The largest absolute Gasteiger partial charge is 0.333 e. The van der Waals surface area contributed by atoms with E-state index in [1.54, 1.807) is 24.4 Å². The third-order valence-electron chi connectivity index (χ3n) is 4.73. The maximum absolute atomic E-state index is 13.2. The molecule has 2 aromatic heterocycles. The molecule has 0 fully saturated rings. The molecule has 0 aliphatic carbocycles. The summed E-state index contributed by atoms with van der Waals surface area (Å²) in [4.78, 5) is 30.5. The van der Waals surface area contributed by atoms with Gasteiger partial charge in [-0.05, 0) is 36.2 Å². The summed E-state index contributed by atoms with van der Waals surface area (Å²) in [6.45, 7) is 2.43. The van der Waals surface area contributed by atoms with Gasteiger partial charge in [-0.15, -0.1) is 0 Å². The number of aromatic nitrogens is 3. The predicted molar refractivity (Wildman–Crippen MR) is 111 cm³/mol. The number of benzene rings is 2. The van der Waals surface area contributed by atoms with Crippen LogP contribution in [-0.2, 0) is 13.1 Å². The Morgan fingerprint density at radius 3 is 2.39 bits per heavy atom. The van der Waals surface area contributed by atoms with E-state index in [0.29, 0.717) is 16.1 Å². The van der Waals surface area contributed by atoms with Gasteiger partial charge in [-0.25, -0.2) is 9.78 Å². The van der Waals surface area contributed by atoms with Crippen molar-refractivity contribution in [3.8, 4) is 0 Å². The third-order valence-corrected chi connectivity index (χ3v) is 5.10. The highest BCUT2D eigenvalue weighted by atomic mass is 35.5. The van der Waals surface area contributed by atoms with Crippen LogP contribution < -0.4 is 11.2 Å². The lowest BCUT2D eigenvalue weighted by atomic mass is 10.1. The van der Waals surface area contributed by atoms with Crippen molar-refractivity contribution < 1.29 is 0 Å². The Morgan fingerprint density at radius 1 is 0.893 bits per heavy atom. The first kappa shape index (κ1) is 18.2. The van der Waals surface area contributed by atoms with Crippen molar-refractivity contribution in [3.63, 3.8) is 0 Å². The van der Waals surface area contributed by atoms with Gasteiger partial charge in [0.25, 0.3) is 5.56 Å². The summed E-state index contributed by atoms with van der Waals surface area (Å²) < 4.78 is 2.76. The second-order valence-electron chi connectivity index (χ2n) is 6.71. The fourth-order valence-corrected chi connectivity index (χ4v) is 3.40. The molecule has 0 atom stereocenters. The van der Waals surface area contributed by atoms with E-state index in [4.69, 9.17) is 11.6 Å². The Hall–Kier alpha value is -3.18. The fourth-order valence-electron chi connectivity index (χ4n) is 3.20. The third kappa shape index (κ3) is 3.37. The Balaban J connectivity index is 1.91. The summed E-state index contributed by atoms with van der Waals surface area (Å²) in [7, 11) is 0. The highest BCUT2D eigenvalue weighted by molar-refractivity contribution is 6.31. The summed E-state index contributed by atoms with van der Waals surface area (Å²) in [5.74, 6) is 0. The van der Waals surface area contributed by atoms with E-state index in [0.717, 1.165) is 16.7 Å². The van der Waals surface area contributed by atoms with E-state index in [1.165, 1.54) is 9.13 Å². The normalized spacial score (nSPS) is 11.1. The Labute approximate surface area is 166 Å². The van der Waals surface area contributed by atoms with Crippen LogP contribution in [0, 0.1) is 6.92 Å². The van der Waals surface area contributed by atoms with Crippen LogP contribution in [0.5, 0.6) is 0 Å². The second-order valence-corrected chi connectivity index (χ2v) is 7.12. The topological polar surface area (TPSA) is 56.9 Å². The standard InChI is InChI=1S/C22H18ClN3O2/c1-15-8-10-16(11-9-15)13-26-21(27)18-6-4-12-24-20(18)25(22(26)28)14-17-5-2-3-7-19(17)23/h2-12H,13-14H2,1H3. The second kappa shape index (κ2) is 7.44. The molecule has 2 heterocycles. The van der Waals surface area contributed by atoms with Gasteiger partial charge in [0.2, 0.25) is 0 Å². The molecule has 0 unspecified atom stereocenters. The minimum atomic E-state index is -0.406. The lowest BCUT2D eigenvalue weighted by Crippen LogP contribution is -2.40. The number of halogens is 1. The number of hydrogen-bond acceptors (Lipinski definition) is 3. The van der Waals surface area contributed by atoms with Gasteiger partial charge in [0.1, 0.15) is 5.65 Å². The minimum Gasteiger partial charge on any atom is -0.273 e. The number of aryl methyl sites for hydroxylation is 1. The van der Waals surface area contributed by atoms with E-state index in [2.05, 4.69) is 4.98 Å². The summed E-state index contributed by atoms with van der Waals surface area (Å²) >= 11 is 6.29. The highest BCUT2D eigenvalue weighted by Gasteiger charge is 2.15. The van der Waals surface area contributed by atoms with Crippen molar-refractivity contribution in [2.75, 3.05) is 0 Å². The van der Waals surface area contributed by atoms with Gasteiger partial charge in [0.15, 0.2) is 0 Å². The van der Waals surface area contributed by atoms with Crippen molar-refractivity contribution in [3.05, 3.63) is 109 Å². The molecule has 28 heavy (non-hydrogen) atoms. The summed E-state index contributed by atoms with van der Waals surface area (Å²) in [6, 6.07) is 18.5. The van der Waals surface area contributed by atoms with Crippen molar-refractivity contribution in [2.24, 2.45) is 0 Å². The molecule has 2 aromatic carbocycles. The molecule has 4 rings (SSSR count). The smallest absolute Gasteiger partial charge is 0.273 e. The molecule has 0 spiro atoms. The molecule has 0 amide bonds. The van der Waals surface area contributed by atoms with Gasteiger partial charge >= 0.3 is 5.69 Å². The summed E-state index contributed by atoms with van der Waals surface area (Å²) in [5.41, 5.74) is 2.41.